The minimum Gasteiger partial charge on any atom is -0.394 e. The number of para-hydroxylation sites is 1. The second kappa shape index (κ2) is 8.17. The van der Waals surface area contributed by atoms with E-state index in [1.165, 1.54) is 0 Å². The van der Waals surface area contributed by atoms with Crippen molar-refractivity contribution in [2.45, 2.75) is 19.0 Å². The number of H-pyrrole nitrogens is 1. The van der Waals surface area contributed by atoms with Gasteiger partial charge in [0, 0.05) is 29.2 Å². The summed E-state index contributed by atoms with van der Waals surface area (Å²) < 4.78 is 0. The molecule has 1 aromatic heterocycles. The molecule has 136 valence electrons. The third kappa shape index (κ3) is 4.31. The zero-order valence-corrected chi connectivity index (χ0v) is 15.2. The van der Waals surface area contributed by atoms with E-state index in [0.717, 1.165) is 28.6 Å². The molecule has 5 heteroatoms. The molecule has 3 rings (SSSR count). The Balaban J connectivity index is 1.70. The number of rotatable bonds is 7. The lowest BCUT2D eigenvalue weighted by Crippen LogP contribution is -2.39. The monoisotopic (exact) mass is 351 g/mol. The van der Waals surface area contributed by atoms with Crippen LogP contribution in [0.3, 0.4) is 0 Å². The SMILES string of the molecule is CN(C)Cc1cccc(C(=O)N[C@@H](CO)Cc2c[nH]c3ccccc23)c1. The summed E-state index contributed by atoms with van der Waals surface area (Å²) >= 11 is 0. The van der Waals surface area contributed by atoms with E-state index in [9.17, 15) is 9.90 Å². The van der Waals surface area contributed by atoms with Crippen molar-refractivity contribution in [3.8, 4) is 0 Å². The Labute approximate surface area is 153 Å². The fourth-order valence-corrected chi connectivity index (χ4v) is 3.17. The molecule has 0 unspecified atom stereocenters. The van der Waals surface area contributed by atoms with Crippen LogP contribution in [-0.4, -0.2) is 47.6 Å². The summed E-state index contributed by atoms with van der Waals surface area (Å²) in [4.78, 5) is 17.9. The molecule has 0 saturated carbocycles. The molecule has 0 aliphatic carbocycles. The van der Waals surface area contributed by atoms with Gasteiger partial charge in [-0.3, -0.25) is 4.79 Å². The third-order valence-electron chi connectivity index (χ3n) is 4.38. The predicted molar refractivity (Wildman–Crippen MR) is 104 cm³/mol. The second-order valence-corrected chi connectivity index (χ2v) is 6.85. The molecule has 1 heterocycles. The van der Waals surface area contributed by atoms with Gasteiger partial charge in [0.15, 0.2) is 0 Å². The number of amides is 1. The van der Waals surface area contributed by atoms with Crippen LogP contribution < -0.4 is 5.32 Å². The van der Waals surface area contributed by atoms with Gasteiger partial charge in [-0.05, 0) is 49.8 Å². The smallest absolute Gasteiger partial charge is 0.251 e. The maximum Gasteiger partial charge on any atom is 0.251 e. The quantitative estimate of drug-likeness (QED) is 0.613. The third-order valence-corrected chi connectivity index (χ3v) is 4.38. The Morgan fingerprint density at radius 3 is 2.77 bits per heavy atom. The molecule has 0 spiro atoms. The van der Waals surface area contributed by atoms with E-state index in [1.807, 2.05) is 62.8 Å². The number of aliphatic hydroxyl groups excluding tert-OH is 1. The minimum atomic E-state index is -0.334. The van der Waals surface area contributed by atoms with Crippen molar-refractivity contribution in [3.05, 3.63) is 71.4 Å². The van der Waals surface area contributed by atoms with Crippen LogP contribution in [0.5, 0.6) is 0 Å². The first kappa shape index (κ1) is 18.2. The number of hydrogen-bond acceptors (Lipinski definition) is 3. The number of aromatic nitrogens is 1. The topological polar surface area (TPSA) is 68.4 Å². The summed E-state index contributed by atoms with van der Waals surface area (Å²) in [7, 11) is 3.99. The Morgan fingerprint density at radius 1 is 1.19 bits per heavy atom. The molecular weight excluding hydrogens is 326 g/mol. The van der Waals surface area contributed by atoms with Gasteiger partial charge in [-0.2, -0.15) is 0 Å². The van der Waals surface area contributed by atoms with Crippen molar-refractivity contribution in [3.63, 3.8) is 0 Å². The highest BCUT2D eigenvalue weighted by Crippen LogP contribution is 2.19. The summed E-state index contributed by atoms with van der Waals surface area (Å²) in [5.41, 5.74) is 3.84. The lowest BCUT2D eigenvalue weighted by atomic mass is 10.0. The molecular formula is C21H25N3O2. The Hall–Kier alpha value is -2.63. The second-order valence-electron chi connectivity index (χ2n) is 6.85. The number of carbonyl (C=O) groups excluding carboxylic acids is 1. The summed E-state index contributed by atoms with van der Waals surface area (Å²) in [6, 6.07) is 15.3. The Morgan fingerprint density at radius 2 is 2.00 bits per heavy atom. The first-order valence-electron chi connectivity index (χ1n) is 8.77. The maximum atomic E-state index is 12.6. The lowest BCUT2D eigenvalue weighted by molar-refractivity contribution is 0.0916. The van der Waals surface area contributed by atoms with Crippen LogP contribution in [0.2, 0.25) is 0 Å². The summed E-state index contributed by atoms with van der Waals surface area (Å²) in [6.07, 6.45) is 2.51. The van der Waals surface area contributed by atoms with Crippen LogP contribution in [0.1, 0.15) is 21.5 Å². The van der Waals surface area contributed by atoms with Crippen molar-refractivity contribution in [2.75, 3.05) is 20.7 Å². The molecule has 0 saturated heterocycles. The molecule has 0 aliphatic rings. The Bertz CT molecular complexity index is 886. The molecule has 3 N–H and O–H groups in total. The van der Waals surface area contributed by atoms with Gasteiger partial charge in [-0.15, -0.1) is 0 Å². The van der Waals surface area contributed by atoms with Gasteiger partial charge in [0.25, 0.3) is 5.91 Å². The van der Waals surface area contributed by atoms with E-state index in [2.05, 4.69) is 15.2 Å². The average Bonchev–Trinajstić information content (AvgIpc) is 3.04. The van der Waals surface area contributed by atoms with Crippen molar-refractivity contribution in [1.82, 2.24) is 15.2 Å². The molecule has 0 fully saturated rings. The molecule has 0 bridgehead atoms. The van der Waals surface area contributed by atoms with Crippen LogP contribution in [0.25, 0.3) is 10.9 Å². The number of aromatic amines is 1. The van der Waals surface area contributed by atoms with Gasteiger partial charge in [-0.1, -0.05) is 30.3 Å². The maximum absolute atomic E-state index is 12.6. The van der Waals surface area contributed by atoms with Gasteiger partial charge < -0.3 is 20.3 Å². The van der Waals surface area contributed by atoms with E-state index >= 15 is 0 Å². The van der Waals surface area contributed by atoms with Gasteiger partial charge in [0.05, 0.1) is 12.6 Å². The fraction of sp³-hybridized carbons (Fsp3) is 0.286. The lowest BCUT2D eigenvalue weighted by Gasteiger charge is -2.17. The molecule has 0 aliphatic heterocycles. The number of carbonyl (C=O) groups is 1. The zero-order chi connectivity index (χ0) is 18.5. The normalized spacial score (nSPS) is 12.5. The standard InChI is InChI=1S/C21H25N3O2/c1-24(2)13-15-6-5-7-16(10-15)21(26)23-18(14-25)11-17-12-22-20-9-4-3-8-19(17)20/h3-10,12,18,22,25H,11,13-14H2,1-2H3,(H,23,26)/t18-/m1/s1. The molecule has 5 nitrogen and oxygen atoms in total. The van der Waals surface area contributed by atoms with Gasteiger partial charge >= 0.3 is 0 Å². The van der Waals surface area contributed by atoms with E-state index in [1.54, 1.807) is 6.07 Å². The number of hydrogen-bond donors (Lipinski definition) is 3. The first-order valence-corrected chi connectivity index (χ1v) is 8.77. The van der Waals surface area contributed by atoms with Gasteiger partial charge in [-0.25, -0.2) is 0 Å². The highest BCUT2D eigenvalue weighted by atomic mass is 16.3. The highest BCUT2D eigenvalue weighted by Gasteiger charge is 2.16. The van der Waals surface area contributed by atoms with E-state index in [4.69, 9.17) is 0 Å². The minimum absolute atomic E-state index is 0.108. The fourth-order valence-electron chi connectivity index (χ4n) is 3.17. The van der Waals surface area contributed by atoms with Crippen molar-refractivity contribution in [2.24, 2.45) is 0 Å². The first-order chi connectivity index (χ1) is 12.6. The number of aliphatic hydroxyl groups is 1. The molecule has 26 heavy (non-hydrogen) atoms. The van der Waals surface area contributed by atoms with Crippen molar-refractivity contribution >= 4 is 16.8 Å². The highest BCUT2D eigenvalue weighted by molar-refractivity contribution is 5.94. The van der Waals surface area contributed by atoms with Crippen LogP contribution in [-0.2, 0) is 13.0 Å². The van der Waals surface area contributed by atoms with Gasteiger partial charge in [0.2, 0.25) is 0 Å². The number of nitrogens with zero attached hydrogens (tertiary/aromatic N) is 1. The molecule has 1 atom stereocenters. The van der Waals surface area contributed by atoms with E-state index in [0.29, 0.717) is 12.0 Å². The van der Waals surface area contributed by atoms with Crippen LogP contribution in [0.4, 0.5) is 0 Å². The Kier molecular flexibility index (Phi) is 5.71. The predicted octanol–water partition coefficient (Wildman–Crippen LogP) is 2.56. The van der Waals surface area contributed by atoms with Crippen LogP contribution >= 0.6 is 0 Å². The number of nitrogens with one attached hydrogen (secondary N) is 2. The van der Waals surface area contributed by atoms with E-state index in [-0.39, 0.29) is 18.6 Å². The number of benzene rings is 2. The van der Waals surface area contributed by atoms with Crippen molar-refractivity contribution < 1.29 is 9.90 Å². The molecule has 0 radical (unpaired) electrons. The molecule has 1 amide bonds. The van der Waals surface area contributed by atoms with Crippen molar-refractivity contribution in [1.29, 1.82) is 0 Å². The summed E-state index contributed by atoms with van der Waals surface area (Å²) in [5.74, 6) is -0.163. The molecule has 3 aromatic rings. The average molecular weight is 351 g/mol. The zero-order valence-electron chi connectivity index (χ0n) is 15.2. The van der Waals surface area contributed by atoms with E-state index < -0.39 is 0 Å². The summed E-state index contributed by atoms with van der Waals surface area (Å²) in [6.45, 7) is 0.669. The molecule has 2 aromatic carbocycles. The number of fused-ring (bicyclic) bond motifs is 1. The largest absolute Gasteiger partial charge is 0.394 e. The van der Waals surface area contributed by atoms with Gasteiger partial charge in [0.1, 0.15) is 0 Å². The van der Waals surface area contributed by atoms with Crippen LogP contribution in [0.15, 0.2) is 54.7 Å². The summed E-state index contributed by atoms with van der Waals surface area (Å²) in [5, 5.41) is 13.8. The van der Waals surface area contributed by atoms with Crippen LogP contribution in [0, 0.1) is 0 Å².